The lowest BCUT2D eigenvalue weighted by Gasteiger charge is -2.31. The minimum absolute atomic E-state index is 0.203. The summed E-state index contributed by atoms with van der Waals surface area (Å²) >= 11 is 0. The Balaban J connectivity index is 2.33. The van der Waals surface area contributed by atoms with E-state index in [4.69, 9.17) is 0 Å². The Bertz CT molecular complexity index is 594. The first kappa shape index (κ1) is 16.3. The molecule has 1 aliphatic heterocycles. The maximum absolute atomic E-state index is 13.0. The van der Waals surface area contributed by atoms with Crippen LogP contribution in [0.2, 0.25) is 0 Å². The summed E-state index contributed by atoms with van der Waals surface area (Å²) in [5.74, 6) is 0. The van der Waals surface area contributed by atoms with E-state index in [1.807, 2.05) is 0 Å². The number of hydrogen-bond donors (Lipinski definition) is 1. The van der Waals surface area contributed by atoms with Crippen molar-refractivity contribution in [3.8, 4) is 0 Å². The molecule has 0 spiro atoms. The number of nitrogens with one attached hydrogen (secondary N) is 1. The van der Waals surface area contributed by atoms with Gasteiger partial charge in [-0.3, -0.25) is 0 Å². The highest BCUT2D eigenvalue weighted by Crippen LogP contribution is 2.35. The molecule has 0 radical (unpaired) electrons. The second-order valence-corrected chi connectivity index (χ2v) is 6.87. The number of alkyl halides is 3. The molecule has 21 heavy (non-hydrogen) atoms. The molecule has 0 unspecified atom stereocenters. The Morgan fingerprint density at radius 2 is 1.76 bits per heavy atom. The number of sulfonamides is 1. The highest BCUT2D eigenvalue weighted by molar-refractivity contribution is 7.89. The first-order valence-electron chi connectivity index (χ1n) is 6.60. The molecule has 0 amide bonds. The van der Waals surface area contributed by atoms with Gasteiger partial charge in [0.25, 0.3) is 0 Å². The van der Waals surface area contributed by atoms with Gasteiger partial charge in [-0.15, -0.1) is 0 Å². The first-order valence-corrected chi connectivity index (χ1v) is 8.04. The van der Waals surface area contributed by atoms with Crippen LogP contribution in [0.5, 0.6) is 0 Å². The summed E-state index contributed by atoms with van der Waals surface area (Å²) in [5, 5.41) is 3.05. The lowest BCUT2D eigenvalue weighted by molar-refractivity contribution is -0.139. The van der Waals surface area contributed by atoms with Gasteiger partial charge >= 0.3 is 6.18 Å². The summed E-state index contributed by atoms with van der Waals surface area (Å²) in [4.78, 5) is -0.666. The van der Waals surface area contributed by atoms with Crippen LogP contribution in [0.25, 0.3) is 0 Å². The third-order valence-corrected chi connectivity index (χ3v) is 5.63. The topological polar surface area (TPSA) is 49.4 Å². The first-order chi connectivity index (χ1) is 9.76. The molecule has 0 bridgehead atoms. The van der Waals surface area contributed by atoms with Crippen molar-refractivity contribution in [3.63, 3.8) is 0 Å². The van der Waals surface area contributed by atoms with E-state index in [2.05, 4.69) is 5.32 Å². The molecule has 2 rings (SSSR count). The fraction of sp³-hybridized carbons (Fsp3) is 0.538. The molecule has 0 aromatic heterocycles. The van der Waals surface area contributed by atoms with Crippen LogP contribution >= 0.6 is 0 Å². The van der Waals surface area contributed by atoms with E-state index >= 15 is 0 Å². The number of nitrogens with zero attached hydrogens (tertiary/aromatic N) is 1. The van der Waals surface area contributed by atoms with Crippen molar-refractivity contribution in [2.75, 3.05) is 20.1 Å². The van der Waals surface area contributed by atoms with Crippen molar-refractivity contribution in [2.24, 2.45) is 0 Å². The molecule has 1 aromatic rings. The zero-order valence-corrected chi connectivity index (χ0v) is 12.3. The molecule has 0 atom stereocenters. The molecule has 4 nitrogen and oxygen atoms in total. The molecule has 1 heterocycles. The van der Waals surface area contributed by atoms with Gasteiger partial charge in [-0.05, 0) is 32.0 Å². The van der Waals surface area contributed by atoms with Gasteiger partial charge in [0.05, 0.1) is 10.5 Å². The summed E-state index contributed by atoms with van der Waals surface area (Å²) in [6, 6.07) is 4.52. The van der Waals surface area contributed by atoms with Gasteiger partial charge in [0.2, 0.25) is 10.0 Å². The molecule has 1 aromatic carbocycles. The Morgan fingerprint density at radius 1 is 1.19 bits per heavy atom. The SMILES string of the molecule is CNC1CCN(S(=O)(=O)c2ccccc2C(F)(F)F)CC1. The molecule has 1 fully saturated rings. The molecule has 0 saturated carbocycles. The zero-order valence-electron chi connectivity index (χ0n) is 11.5. The molecule has 1 saturated heterocycles. The Morgan fingerprint density at radius 3 is 2.29 bits per heavy atom. The van der Waals surface area contributed by atoms with E-state index in [9.17, 15) is 21.6 Å². The summed E-state index contributed by atoms with van der Waals surface area (Å²) in [6.45, 7) is 0.445. The van der Waals surface area contributed by atoms with Crippen molar-refractivity contribution in [1.82, 2.24) is 9.62 Å². The average Bonchev–Trinajstić information content (AvgIpc) is 2.46. The second kappa shape index (κ2) is 5.94. The van der Waals surface area contributed by atoms with Crippen LogP contribution in [-0.4, -0.2) is 38.9 Å². The van der Waals surface area contributed by atoms with Crippen molar-refractivity contribution in [3.05, 3.63) is 29.8 Å². The number of hydrogen-bond acceptors (Lipinski definition) is 3. The molecule has 1 aliphatic rings. The number of halogens is 3. The van der Waals surface area contributed by atoms with Gasteiger partial charge in [-0.2, -0.15) is 17.5 Å². The zero-order chi connectivity index (χ0) is 15.7. The van der Waals surface area contributed by atoms with E-state index in [0.717, 1.165) is 16.4 Å². The van der Waals surface area contributed by atoms with Gasteiger partial charge in [-0.1, -0.05) is 12.1 Å². The van der Waals surface area contributed by atoms with E-state index in [1.165, 1.54) is 12.1 Å². The normalized spacial score (nSPS) is 18.9. The quantitative estimate of drug-likeness (QED) is 0.927. The minimum atomic E-state index is -4.69. The Labute approximate surface area is 122 Å². The van der Waals surface area contributed by atoms with Gasteiger partial charge in [0.15, 0.2) is 0 Å². The largest absolute Gasteiger partial charge is 0.417 e. The predicted molar refractivity (Wildman–Crippen MR) is 72.3 cm³/mol. The minimum Gasteiger partial charge on any atom is -0.317 e. The van der Waals surface area contributed by atoms with Crippen LogP contribution < -0.4 is 5.32 Å². The lowest BCUT2D eigenvalue weighted by Crippen LogP contribution is -2.44. The van der Waals surface area contributed by atoms with Crippen LogP contribution in [0.4, 0.5) is 13.2 Å². The predicted octanol–water partition coefficient (Wildman–Crippen LogP) is 2.08. The van der Waals surface area contributed by atoms with Gasteiger partial charge < -0.3 is 5.32 Å². The van der Waals surface area contributed by atoms with Crippen molar-refractivity contribution >= 4 is 10.0 Å². The van der Waals surface area contributed by atoms with Crippen LogP contribution in [0.1, 0.15) is 18.4 Å². The van der Waals surface area contributed by atoms with E-state index in [0.29, 0.717) is 12.8 Å². The average molecular weight is 322 g/mol. The molecule has 1 N–H and O–H groups in total. The van der Waals surface area contributed by atoms with E-state index in [-0.39, 0.29) is 19.1 Å². The van der Waals surface area contributed by atoms with Gasteiger partial charge in [0.1, 0.15) is 0 Å². The number of benzene rings is 1. The summed E-state index contributed by atoms with van der Waals surface area (Å²) in [5.41, 5.74) is -1.11. The molecule has 8 heteroatoms. The summed E-state index contributed by atoms with van der Waals surface area (Å²) in [7, 11) is -2.34. The highest BCUT2D eigenvalue weighted by atomic mass is 32.2. The van der Waals surface area contributed by atoms with Crippen LogP contribution in [0.15, 0.2) is 29.2 Å². The third-order valence-electron chi connectivity index (χ3n) is 3.67. The highest BCUT2D eigenvalue weighted by Gasteiger charge is 2.39. The van der Waals surface area contributed by atoms with Gasteiger partial charge in [-0.25, -0.2) is 8.42 Å². The fourth-order valence-corrected chi connectivity index (χ4v) is 4.13. The smallest absolute Gasteiger partial charge is 0.317 e. The molecule has 0 aliphatic carbocycles. The molecular formula is C13H17F3N2O2S. The monoisotopic (exact) mass is 322 g/mol. The fourth-order valence-electron chi connectivity index (χ4n) is 2.45. The third kappa shape index (κ3) is 3.38. The molecule has 118 valence electrons. The van der Waals surface area contributed by atoms with Crippen molar-refractivity contribution < 1.29 is 21.6 Å². The van der Waals surface area contributed by atoms with Crippen molar-refractivity contribution in [1.29, 1.82) is 0 Å². The van der Waals surface area contributed by atoms with Crippen LogP contribution in [0, 0.1) is 0 Å². The summed E-state index contributed by atoms with van der Waals surface area (Å²) < 4.78 is 64.9. The number of piperidine rings is 1. The maximum atomic E-state index is 13.0. The van der Waals surface area contributed by atoms with Crippen LogP contribution in [-0.2, 0) is 16.2 Å². The van der Waals surface area contributed by atoms with Crippen molar-refractivity contribution in [2.45, 2.75) is 30.0 Å². The second-order valence-electron chi connectivity index (χ2n) is 4.96. The van der Waals surface area contributed by atoms with Gasteiger partial charge in [0, 0.05) is 19.1 Å². The maximum Gasteiger partial charge on any atom is 0.417 e. The van der Waals surface area contributed by atoms with E-state index in [1.54, 1.807) is 7.05 Å². The lowest BCUT2D eigenvalue weighted by atomic mass is 10.1. The molecular weight excluding hydrogens is 305 g/mol. The number of rotatable bonds is 3. The summed E-state index contributed by atoms with van der Waals surface area (Å²) in [6.07, 6.45) is -3.51. The van der Waals surface area contributed by atoms with E-state index < -0.39 is 26.7 Å². The standard InChI is InChI=1S/C13H17F3N2O2S/c1-17-10-6-8-18(9-7-10)21(19,20)12-5-3-2-4-11(12)13(14,15)16/h2-5,10,17H,6-9H2,1H3. The Hall–Kier alpha value is -1.12. The van der Waals surface area contributed by atoms with Crippen LogP contribution in [0.3, 0.4) is 0 Å². The Kier molecular flexibility index (Phi) is 4.60.